The summed E-state index contributed by atoms with van der Waals surface area (Å²) in [6, 6.07) is 0. The molecule has 0 aromatic rings. The summed E-state index contributed by atoms with van der Waals surface area (Å²) in [6.45, 7) is 3.54. The van der Waals surface area contributed by atoms with E-state index in [9.17, 15) is 9.59 Å². The van der Waals surface area contributed by atoms with Gasteiger partial charge in [0.1, 0.15) is 0 Å². The van der Waals surface area contributed by atoms with Crippen molar-refractivity contribution < 1.29 is 19.1 Å². The Hall–Kier alpha value is -1.06. The minimum atomic E-state index is -0.715. The highest BCUT2D eigenvalue weighted by molar-refractivity contribution is 5.96. The molecule has 0 unspecified atom stereocenters. The zero-order valence-electron chi connectivity index (χ0n) is 7.20. The van der Waals surface area contributed by atoms with Crippen LogP contribution in [-0.2, 0) is 19.1 Å². The summed E-state index contributed by atoms with van der Waals surface area (Å²) in [4.78, 5) is 22.2. The molecule has 0 radical (unpaired) electrons. The molecule has 0 aromatic heterocycles. The van der Waals surface area contributed by atoms with Crippen molar-refractivity contribution in [2.24, 2.45) is 5.92 Å². The highest BCUT2D eigenvalue weighted by Gasteiger charge is 2.36. The SMILES string of the molecule is CCC1OC(=O)C(CC)C(=O)O1. The first-order chi connectivity index (χ1) is 5.69. The summed E-state index contributed by atoms with van der Waals surface area (Å²) < 4.78 is 9.65. The zero-order valence-corrected chi connectivity index (χ0v) is 7.20. The van der Waals surface area contributed by atoms with E-state index in [1.54, 1.807) is 13.8 Å². The van der Waals surface area contributed by atoms with Crippen molar-refractivity contribution in [3.63, 3.8) is 0 Å². The van der Waals surface area contributed by atoms with Crippen LogP contribution < -0.4 is 0 Å². The van der Waals surface area contributed by atoms with Gasteiger partial charge in [0.25, 0.3) is 0 Å². The summed E-state index contributed by atoms with van der Waals surface area (Å²) in [5.41, 5.74) is 0. The molecule has 1 rings (SSSR count). The minimum Gasteiger partial charge on any atom is -0.425 e. The van der Waals surface area contributed by atoms with Gasteiger partial charge in [-0.2, -0.15) is 0 Å². The van der Waals surface area contributed by atoms with Crippen LogP contribution in [0.3, 0.4) is 0 Å². The molecule has 68 valence electrons. The van der Waals surface area contributed by atoms with E-state index >= 15 is 0 Å². The van der Waals surface area contributed by atoms with Gasteiger partial charge in [-0.05, 0) is 6.42 Å². The number of ether oxygens (including phenoxy) is 2. The summed E-state index contributed by atoms with van der Waals surface area (Å²) >= 11 is 0. The van der Waals surface area contributed by atoms with E-state index in [1.807, 2.05) is 0 Å². The molecule has 1 heterocycles. The van der Waals surface area contributed by atoms with Gasteiger partial charge >= 0.3 is 11.9 Å². The van der Waals surface area contributed by atoms with Crippen LogP contribution in [0.1, 0.15) is 26.7 Å². The monoisotopic (exact) mass is 172 g/mol. The molecule has 1 saturated heterocycles. The molecule has 4 nitrogen and oxygen atoms in total. The molecule has 0 aromatic carbocycles. The van der Waals surface area contributed by atoms with Crippen molar-refractivity contribution in [2.45, 2.75) is 33.0 Å². The molecule has 4 heteroatoms. The van der Waals surface area contributed by atoms with Crippen molar-refractivity contribution in [3.05, 3.63) is 0 Å². The highest BCUT2D eigenvalue weighted by atomic mass is 16.7. The first-order valence-corrected chi connectivity index (χ1v) is 4.10. The van der Waals surface area contributed by atoms with Crippen molar-refractivity contribution in [3.8, 4) is 0 Å². The first kappa shape index (κ1) is 9.03. The lowest BCUT2D eigenvalue weighted by Gasteiger charge is -2.25. The lowest BCUT2D eigenvalue weighted by Crippen LogP contribution is -2.39. The van der Waals surface area contributed by atoms with Gasteiger partial charge in [0.05, 0.1) is 0 Å². The fourth-order valence-corrected chi connectivity index (χ4v) is 1.04. The van der Waals surface area contributed by atoms with Crippen LogP contribution in [0.15, 0.2) is 0 Å². The first-order valence-electron chi connectivity index (χ1n) is 4.10. The van der Waals surface area contributed by atoms with Gasteiger partial charge < -0.3 is 9.47 Å². The van der Waals surface area contributed by atoms with E-state index in [1.165, 1.54) is 0 Å². The number of hydrogen-bond acceptors (Lipinski definition) is 4. The van der Waals surface area contributed by atoms with Gasteiger partial charge in [-0.15, -0.1) is 0 Å². The Morgan fingerprint density at radius 1 is 1.08 bits per heavy atom. The van der Waals surface area contributed by atoms with Crippen molar-refractivity contribution in [1.29, 1.82) is 0 Å². The average molecular weight is 172 g/mol. The standard InChI is InChI=1S/C8H12O4/c1-3-5-7(9)11-6(4-2)12-8(5)10/h5-6H,3-4H2,1-2H3. The maximum atomic E-state index is 11.1. The molecule has 0 N–H and O–H groups in total. The predicted molar refractivity (Wildman–Crippen MR) is 40.0 cm³/mol. The van der Waals surface area contributed by atoms with Gasteiger partial charge in [-0.1, -0.05) is 13.8 Å². The van der Waals surface area contributed by atoms with Crippen LogP contribution in [0, 0.1) is 5.92 Å². The lowest BCUT2D eigenvalue weighted by molar-refractivity contribution is -0.212. The fraction of sp³-hybridized carbons (Fsp3) is 0.750. The third kappa shape index (κ3) is 1.57. The topological polar surface area (TPSA) is 52.6 Å². The Balaban J connectivity index is 2.63. The molecule has 1 aliphatic heterocycles. The summed E-state index contributed by atoms with van der Waals surface area (Å²) in [5, 5.41) is 0. The Bertz CT molecular complexity index is 181. The van der Waals surface area contributed by atoms with E-state index in [0.29, 0.717) is 12.8 Å². The number of esters is 2. The van der Waals surface area contributed by atoms with Gasteiger partial charge in [0.2, 0.25) is 6.29 Å². The summed E-state index contributed by atoms with van der Waals surface area (Å²) in [5.74, 6) is -1.63. The van der Waals surface area contributed by atoms with Crippen LogP contribution in [0.25, 0.3) is 0 Å². The highest BCUT2D eigenvalue weighted by Crippen LogP contribution is 2.18. The molecule has 1 aliphatic rings. The van der Waals surface area contributed by atoms with Gasteiger partial charge in [0, 0.05) is 6.42 Å². The molecule has 0 bridgehead atoms. The normalized spacial score (nSPS) is 29.5. The predicted octanol–water partition coefficient (Wildman–Crippen LogP) is 0.849. The third-order valence-corrected chi connectivity index (χ3v) is 1.81. The quantitative estimate of drug-likeness (QED) is 0.457. The average Bonchev–Trinajstić information content (AvgIpc) is 2.03. The van der Waals surface area contributed by atoms with E-state index < -0.39 is 24.1 Å². The third-order valence-electron chi connectivity index (χ3n) is 1.81. The maximum Gasteiger partial charge on any atom is 0.323 e. The van der Waals surface area contributed by atoms with E-state index in [0.717, 1.165) is 0 Å². The molecule has 12 heavy (non-hydrogen) atoms. The molecule has 0 aliphatic carbocycles. The minimum absolute atomic E-state index is 0.439. The Kier molecular flexibility index (Phi) is 2.68. The van der Waals surface area contributed by atoms with Crippen molar-refractivity contribution in [2.75, 3.05) is 0 Å². The fourth-order valence-electron chi connectivity index (χ4n) is 1.04. The van der Waals surface area contributed by atoms with E-state index in [4.69, 9.17) is 9.47 Å². The van der Waals surface area contributed by atoms with Crippen LogP contribution in [0.5, 0.6) is 0 Å². The Labute approximate surface area is 70.8 Å². The number of rotatable bonds is 2. The van der Waals surface area contributed by atoms with Crippen molar-refractivity contribution >= 4 is 11.9 Å². The van der Waals surface area contributed by atoms with E-state index in [-0.39, 0.29) is 0 Å². The lowest BCUT2D eigenvalue weighted by atomic mass is 10.1. The van der Waals surface area contributed by atoms with Crippen LogP contribution in [0.4, 0.5) is 0 Å². The molecule has 0 saturated carbocycles. The maximum absolute atomic E-state index is 11.1. The molecular formula is C8H12O4. The summed E-state index contributed by atoms with van der Waals surface area (Å²) in [7, 11) is 0. The second-order valence-electron chi connectivity index (χ2n) is 2.67. The van der Waals surface area contributed by atoms with Gasteiger partial charge in [-0.25, -0.2) is 0 Å². The molecule has 0 spiro atoms. The van der Waals surface area contributed by atoms with Crippen molar-refractivity contribution in [1.82, 2.24) is 0 Å². The molecule has 0 amide bonds. The van der Waals surface area contributed by atoms with E-state index in [2.05, 4.69) is 0 Å². The Morgan fingerprint density at radius 3 is 1.92 bits per heavy atom. The number of cyclic esters (lactones) is 2. The number of carbonyl (C=O) groups excluding carboxylic acids is 2. The second kappa shape index (κ2) is 3.56. The number of carbonyl (C=O) groups is 2. The van der Waals surface area contributed by atoms with Gasteiger partial charge in [-0.3, -0.25) is 9.59 Å². The largest absolute Gasteiger partial charge is 0.425 e. The second-order valence-corrected chi connectivity index (χ2v) is 2.67. The van der Waals surface area contributed by atoms with Crippen LogP contribution in [-0.4, -0.2) is 18.2 Å². The van der Waals surface area contributed by atoms with Gasteiger partial charge in [0.15, 0.2) is 5.92 Å². The Morgan fingerprint density at radius 2 is 1.58 bits per heavy atom. The molecular weight excluding hydrogens is 160 g/mol. The number of hydrogen-bond donors (Lipinski definition) is 0. The van der Waals surface area contributed by atoms with Crippen LogP contribution in [0.2, 0.25) is 0 Å². The smallest absolute Gasteiger partial charge is 0.323 e. The molecule has 0 atom stereocenters. The zero-order chi connectivity index (χ0) is 9.14. The molecule has 1 fully saturated rings. The van der Waals surface area contributed by atoms with Crippen LogP contribution >= 0.6 is 0 Å². The summed E-state index contributed by atoms with van der Waals surface area (Å²) in [6.07, 6.45) is 0.273.